The van der Waals surface area contributed by atoms with Gasteiger partial charge in [0.05, 0.1) is 12.2 Å². The van der Waals surface area contributed by atoms with Crippen LogP contribution in [0, 0.1) is 0 Å². The number of nitrogens with zero attached hydrogens (tertiary/aromatic N) is 5. The Balaban J connectivity index is 1.68. The van der Waals surface area contributed by atoms with Gasteiger partial charge in [0.25, 0.3) is 0 Å². The van der Waals surface area contributed by atoms with Crippen LogP contribution in [0.1, 0.15) is 18.2 Å². The Kier molecular flexibility index (Phi) is 6.30. The Morgan fingerprint density at radius 1 is 1.24 bits per heavy atom. The molecule has 0 aromatic carbocycles. The molecule has 114 valence electrons. The minimum absolute atomic E-state index is 0.786. The molecule has 0 bridgehead atoms. The third-order valence-corrected chi connectivity index (χ3v) is 3.38. The zero-order valence-corrected chi connectivity index (χ0v) is 12.9. The van der Waals surface area contributed by atoms with E-state index in [0.29, 0.717) is 0 Å². The quantitative estimate of drug-likeness (QED) is 0.745. The van der Waals surface area contributed by atoms with Gasteiger partial charge in [-0.2, -0.15) is 0 Å². The molecule has 1 N–H and O–H groups in total. The molecule has 6 heteroatoms. The number of likely N-dealkylation sites (N-methyl/N-ethyl adjacent to an activating group) is 1. The predicted molar refractivity (Wildman–Crippen MR) is 82.8 cm³/mol. The highest BCUT2D eigenvalue weighted by molar-refractivity contribution is 5.09. The summed E-state index contributed by atoms with van der Waals surface area (Å²) in [4.78, 5) is 6.35. The molecule has 0 saturated carbocycles. The summed E-state index contributed by atoms with van der Waals surface area (Å²) >= 11 is 0. The minimum atomic E-state index is 0.786. The van der Waals surface area contributed by atoms with E-state index in [1.807, 2.05) is 23.3 Å². The van der Waals surface area contributed by atoms with Crippen molar-refractivity contribution in [3.63, 3.8) is 0 Å². The van der Waals surface area contributed by atoms with Gasteiger partial charge in [0.2, 0.25) is 0 Å². The highest BCUT2D eigenvalue weighted by Crippen LogP contribution is 1.99. The van der Waals surface area contributed by atoms with Crippen molar-refractivity contribution < 1.29 is 0 Å². The zero-order valence-electron chi connectivity index (χ0n) is 12.9. The number of hydrogen-bond acceptors (Lipinski definition) is 5. The van der Waals surface area contributed by atoms with Gasteiger partial charge in [-0.3, -0.25) is 9.67 Å². The van der Waals surface area contributed by atoms with Crippen molar-refractivity contribution >= 4 is 0 Å². The van der Waals surface area contributed by atoms with Crippen LogP contribution in [0.15, 0.2) is 30.7 Å². The molecule has 6 nitrogen and oxygen atoms in total. The van der Waals surface area contributed by atoms with Crippen molar-refractivity contribution in [1.29, 1.82) is 0 Å². The fourth-order valence-electron chi connectivity index (χ4n) is 2.04. The molecule has 2 aromatic heterocycles. The molecule has 2 rings (SSSR count). The lowest BCUT2D eigenvalue weighted by Gasteiger charge is -2.16. The monoisotopic (exact) mass is 288 g/mol. The first-order valence-electron chi connectivity index (χ1n) is 7.45. The van der Waals surface area contributed by atoms with Gasteiger partial charge in [-0.15, -0.1) is 5.10 Å². The van der Waals surface area contributed by atoms with Gasteiger partial charge in [0, 0.05) is 38.2 Å². The molecule has 0 amide bonds. The van der Waals surface area contributed by atoms with Crippen LogP contribution in [0.25, 0.3) is 0 Å². The first-order valence-corrected chi connectivity index (χ1v) is 7.45. The largest absolute Gasteiger partial charge is 0.311 e. The maximum absolute atomic E-state index is 4.15. The lowest BCUT2D eigenvalue weighted by molar-refractivity contribution is 0.314. The van der Waals surface area contributed by atoms with Crippen LogP contribution in [0.5, 0.6) is 0 Å². The summed E-state index contributed by atoms with van der Waals surface area (Å²) in [6.07, 6.45) is 6.74. The SMILES string of the molecule is CCNCc1cn(CCN(C)CCc2ccncc2)nn1. The van der Waals surface area contributed by atoms with Crippen molar-refractivity contribution in [1.82, 2.24) is 30.2 Å². The molecular formula is C15H24N6. The summed E-state index contributed by atoms with van der Waals surface area (Å²) in [5.41, 5.74) is 2.32. The minimum Gasteiger partial charge on any atom is -0.311 e. The second kappa shape index (κ2) is 8.49. The van der Waals surface area contributed by atoms with E-state index in [9.17, 15) is 0 Å². The van der Waals surface area contributed by atoms with Crippen LogP contribution in [-0.2, 0) is 19.5 Å². The second-order valence-corrected chi connectivity index (χ2v) is 5.16. The van der Waals surface area contributed by atoms with Crippen molar-refractivity contribution in [3.05, 3.63) is 42.0 Å². The molecule has 2 aromatic rings. The Labute approximate surface area is 126 Å². The number of pyridine rings is 1. The fourth-order valence-corrected chi connectivity index (χ4v) is 2.04. The zero-order chi connectivity index (χ0) is 14.9. The molecule has 0 spiro atoms. The molecule has 0 atom stereocenters. The average Bonchev–Trinajstić information content (AvgIpc) is 2.98. The third kappa shape index (κ3) is 5.61. The first-order chi connectivity index (χ1) is 10.3. The summed E-state index contributed by atoms with van der Waals surface area (Å²) in [5.74, 6) is 0. The fraction of sp³-hybridized carbons (Fsp3) is 0.533. The summed E-state index contributed by atoms with van der Waals surface area (Å²) in [7, 11) is 2.14. The molecule has 0 radical (unpaired) electrons. The van der Waals surface area contributed by atoms with Gasteiger partial charge in [0.1, 0.15) is 0 Å². The number of aromatic nitrogens is 4. The lowest BCUT2D eigenvalue weighted by Crippen LogP contribution is -2.25. The van der Waals surface area contributed by atoms with Crippen LogP contribution in [0.3, 0.4) is 0 Å². The van der Waals surface area contributed by atoms with E-state index in [4.69, 9.17) is 0 Å². The maximum Gasteiger partial charge on any atom is 0.0964 e. The van der Waals surface area contributed by atoms with Crippen molar-refractivity contribution in [2.45, 2.75) is 26.4 Å². The normalized spacial score (nSPS) is 11.2. The van der Waals surface area contributed by atoms with Gasteiger partial charge >= 0.3 is 0 Å². The van der Waals surface area contributed by atoms with Gasteiger partial charge in [0.15, 0.2) is 0 Å². The van der Waals surface area contributed by atoms with E-state index in [1.165, 1.54) is 5.56 Å². The van der Waals surface area contributed by atoms with E-state index in [0.717, 1.165) is 44.8 Å². The highest BCUT2D eigenvalue weighted by Gasteiger charge is 2.03. The second-order valence-electron chi connectivity index (χ2n) is 5.16. The third-order valence-electron chi connectivity index (χ3n) is 3.38. The average molecular weight is 288 g/mol. The maximum atomic E-state index is 4.15. The Morgan fingerprint density at radius 2 is 2.05 bits per heavy atom. The molecule has 0 aliphatic rings. The number of hydrogen-bond donors (Lipinski definition) is 1. The van der Waals surface area contributed by atoms with Crippen LogP contribution >= 0.6 is 0 Å². The number of rotatable bonds is 9. The van der Waals surface area contributed by atoms with Crippen molar-refractivity contribution in [2.24, 2.45) is 0 Å². The molecule has 0 fully saturated rings. The van der Waals surface area contributed by atoms with E-state index in [-0.39, 0.29) is 0 Å². The molecule has 2 heterocycles. The molecule has 0 saturated heterocycles. The summed E-state index contributed by atoms with van der Waals surface area (Å²) in [5, 5.41) is 11.6. The smallest absolute Gasteiger partial charge is 0.0964 e. The topological polar surface area (TPSA) is 58.9 Å². The van der Waals surface area contributed by atoms with Crippen molar-refractivity contribution in [2.75, 3.05) is 26.7 Å². The lowest BCUT2D eigenvalue weighted by atomic mass is 10.2. The standard InChI is InChI=1S/C15H24N6/c1-3-16-12-15-13-21(19-18-15)11-10-20(2)9-6-14-4-7-17-8-5-14/h4-5,7-8,13,16H,3,6,9-12H2,1-2H3. The van der Waals surface area contributed by atoms with Gasteiger partial charge in [-0.05, 0) is 37.7 Å². The van der Waals surface area contributed by atoms with Crippen LogP contribution in [-0.4, -0.2) is 51.6 Å². The molecule has 21 heavy (non-hydrogen) atoms. The number of nitrogens with one attached hydrogen (secondary N) is 1. The summed E-state index contributed by atoms with van der Waals surface area (Å²) in [6, 6.07) is 4.14. The Bertz CT molecular complexity index is 510. The van der Waals surface area contributed by atoms with E-state index in [2.05, 4.69) is 51.6 Å². The van der Waals surface area contributed by atoms with Gasteiger partial charge in [-0.25, -0.2) is 0 Å². The molecular weight excluding hydrogens is 264 g/mol. The van der Waals surface area contributed by atoms with Crippen molar-refractivity contribution in [3.8, 4) is 0 Å². The van der Waals surface area contributed by atoms with Crippen LogP contribution in [0.2, 0.25) is 0 Å². The van der Waals surface area contributed by atoms with E-state index >= 15 is 0 Å². The predicted octanol–water partition coefficient (Wildman–Crippen LogP) is 0.957. The van der Waals surface area contributed by atoms with Crippen LogP contribution in [0.4, 0.5) is 0 Å². The van der Waals surface area contributed by atoms with Gasteiger partial charge < -0.3 is 10.2 Å². The molecule has 0 aliphatic heterocycles. The Morgan fingerprint density at radius 3 is 2.81 bits per heavy atom. The first kappa shape index (κ1) is 15.6. The molecule has 0 aliphatic carbocycles. The Hall–Kier alpha value is -1.79. The highest BCUT2D eigenvalue weighted by atomic mass is 15.4. The van der Waals surface area contributed by atoms with Crippen LogP contribution < -0.4 is 5.32 Å². The van der Waals surface area contributed by atoms with Gasteiger partial charge in [-0.1, -0.05) is 12.1 Å². The summed E-state index contributed by atoms with van der Waals surface area (Å²) < 4.78 is 1.91. The van der Waals surface area contributed by atoms with E-state index < -0.39 is 0 Å². The van der Waals surface area contributed by atoms with E-state index in [1.54, 1.807) is 0 Å². The summed E-state index contributed by atoms with van der Waals surface area (Å²) in [6.45, 7) is 6.69. The molecule has 0 unspecified atom stereocenters.